The summed E-state index contributed by atoms with van der Waals surface area (Å²) in [5.41, 5.74) is 0.572. The SMILES string of the molecule is O=C(CCCN1CCN(CC(O)COc2ccccc2)CC1)c1ccc(F)cc1. The van der Waals surface area contributed by atoms with Gasteiger partial charge in [0, 0.05) is 44.7 Å². The molecule has 0 bridgehead atoms. The second-order valence-corrected chi connectivity index (χ2v) is 7.45. The molecule has 1 heterocycles. The quantitative estimate of drug-likeness (QED) is 0.622. The van der Waals surface area contributed by atoms with Crippen LogP contribution in [0.1, 0.15) is 23.2 Å². The Kier molecular flexibility index (Phi) is 8.16. The van der Waals surface area contributed by atoms with E-state index in [2.05, 4.69) is 9.80 Å². The van der Waals surface area contributed by atoms with E-state index in [9.17, 15) is 14.3 Å². The Hall–Kier alpha value is -2.28. The van der Waals surface area contributed by atoms with E-state index in [1.54, 1.807) is 12.1 Å². The topological polar surface area (TPSA) is 53.0 Å². The molecular weight excluding hydrogens is 371 g/mol. The van der Waals surface area contributed by atoms with Crippen molar-refractivity contribution in [3.63, 3.8) is 0 Å². The van der Waals surface area contributed by atoms with Gasteiger partial charge in [-0.15, -0.1) is 0 Å². The van der Waals surface area contributed by atoms with E-state index in [0.717, 1.165) is 44.9 Å². The molecule has 1 unspecified atom stereocenters. The number of carbonyl (C=O) groups excluding carboxylic acids is 1. The van der Waals surface area contributed by atoms with Gasteiger partial charge < -0.3 is 14.7 Å². The van der Waals surface area contributed by atoms with Crippen LogP contribution in [0.15, 0.2) is 54.6 Å². The van der Waals surface area contributed by atoms with Crippen molar-refractivity contribution in [3.8, 4) is 5.75 Å². The van der Waals surface area contributed by atoms with Gasteiger partial charge in [0.05, 0.1) is 0 Å². The molecule has 1 fully saturated rings. The van der Waals surface area contributed by atoms with Gasteiger partial charge in [-0.05, 0) is 49.4 Å². The maximum atomic E-state index is 12.9. The minimum absolute atomic E-state index is 0.0603. The summed E-state index contributed by atoms with van der Waals surface area (Å²) in [5, 5.41) is 10.2. The molecule has 1 N–H and O–H groups in total. The number of halogens is 1. The third kappa shape index (κ3) is 7.24. The Morgan fingerprint density at radius 3 is 2.34 bits per heavy atom. The number of aliphatic hydroxyl groups excluding tert-OH is 1. The number of piperazine rings is 1. The van der Waals surface area contributed by atoms with Crippen LogP contribution in [0.25, 0.3) is 0 Å². The van der Waals surface area contributed by atoms with E-state index in [0.29, 0.717) is 18.5 Å². The minimum Gasteiger partial charge on any atom is -0.491 e. The second kappa shape index (κ2) is 11.0. The standard InChI is InChI=1S/C23H29FN2O3/c24-20-10-8-19(9-11-20)23(28)7-4-12-25-13-15-26(16-14-25)17-21(27)18-29-22-5-2-1-3-6-22/h1-3,5-6,8-11,21,27H,4,7,12-18H2. The van der Waals surface area contributed by atoms with Crippen LogP contribution in [0, 0.1) is 5.82 Å². The summed E-state index contributed by atoms with van der Waals surface area (Å²) < 4.78 is 18.5. The van der Waals surface area contributed by atoms with Gasteiger partial charge in [-0.1, -0.05) is 18.2 Å². The van der Waals surface area contributed by atoms with Crippen LogP contribution in [-0.2, 0) is 0 Å². The normalized spacial score (nSPS) is 16.5. The Balaban J connectivity index is 1.29. The highest BCUT2D eigenvalue weighted by molar-refractivity contribution is 5.95. The molecule has 2 aromatic rings. The highest BCUT2D eigenvalue weighted by Gasteiger charge is 2.19. The fourth-order valence-electron chi connectivity index (χ4n) is 3.50. The lowest BCUT2D eigenvalue weighted by molar-refractivity contribution is 0.0457. The lowest BCUT2D eigenvalue weighted by Crippen LogP contribution is -2.49. The number of ketones is 1. The molecule has 0 spiro atoms. The van der Waals surface area contributed by atoms with Gasteiger partial charge in [-0.3, -0.25) is 9.69 Å². The van der Waals surface area contributed by atoms with Crippen LogP contribution in [0.4, 0.5) is 4.39 Å². The summed E-state index contributed by atoms with van der Waals surface area (Å²) in [5.74, 6) is 0.507. The zero-order valence-electron chi connectivity index (χ0n) is 16.7. The van der Waals surface area contributed by atoms with Crippen molar-refractivity contribution in [1.82, 2.24) is 9.80 Å². The van der Waals surface area contributed by atoms with Crippen LogP contribution in [0.2, 0.25) is 0 Å². The maximum absolute atomic E-state index is 12.9. The zero-order chi connectivity index (χ0) is 20.5. The number of ether oxygens (including phenoxy) is 1. The summed E-state index contributed by atoms with van der Waals surface area (Å²) in [6.07, 6.45) is 0.751. The first-order valence-electron chi connectivity index (χ1n) is 10.2. The number of para-hydroxylation sites is 1. The second-order valence-electron chi connectivity index (χ2n) is 7.45. The zero-order valence-corrected chi connectivity index (χ0v) is 16.7. The molecule has 2 aromatic carbocycles. The Labute approximate surface area is 171 Å². The summed E-state index contributed by atoms with van der Waals surface area (Å²) in [6.45, 7) is 5.41. The number of nitrogens with zero attached hydrogens (tertiary/aromatic N) is 2. The number of aliphatic hydroxyl groups is 1. The van der Waals surface area contributed by atoms with Gasteiger partial charge >= 0.3 is 0 Å². The molecule has 0 amide bonds. The molecule has 29 heavy (non-hydrogen) atoms. The molecule has 1 aliphatic heterocycles. The predicted octanol–water partition coefficient (Wildman–Crippen LogP) is 2.85. The molecular formula is C23H29FN2O3. The first-order chi connectivity index (χ1) is 14.1. The van der Waals surface area contributed by atoms with Crippen molar-refractivity contribution in [3.05, 3.63) is 66.0 Å². The van der Waals surface area contributed by atoms with Crippen LogP contribution in [0.5, 0.6) is 5.75 Å². The summed E-state index contributed by atoms with van der Waals surface area (Å²) in [4.78, 5) is 16.7. The van der Waals surface area contributed by atoms with E-state index in [-0.39, 0.29) is 18.2 Å². The average Bonchev–Trinajstić information content (AvgIpc) is 2.75. The molecule has 0 aliphatic carbocycles. The molecule has 5 nitrogen and oxygen atoms in total. The summed E-state index contributed by atoms with van der Waals surface area (Å²) >= 11 is 0. The number of carbonyl (C=O) groups is 1. The first kappa shape index (κ1) is 21.4. The van der Waals surface area contributed by atoms with E-state index in [4.69, 9.17) is 4.74 Å². The molecule has 0 radical (unpaired) electrons. The monoisotopic (exact) mass is 400 g/mol. The Morgan fingerprint density at radius 2 is 1.66 bits per heavy atom. The van der Waals surface area contributed by atoms with Crippen molar-refractivity contribution in [2.45, 2.75) is 18.9 Å². The molecule has 0 saturated carbocycles. The van der Waals surface area contributed by atoms with Crippen molar-refractivity contribution in [1.29, 1.82) is 0 Å². The van der Waals surface area contributed by atoms with E-state index < -0.39 is 6.10 Å². The molecule has 6 heteroatoms. The van der Waals surface area contributed by atoms with E-state index in [1.807, 2.05) is 30.3 Å². The van der Waals surface area contributed by atoms with Crippen molar-refractivity contribution in [2.24, 2.45) is 0 Å². The maximum Gasteiger partial charge on any atom is 0.162 e. The summed E-state index contributed by atoms with van der Waals surface area (Å²) in [7, 11) is 0. The highest BCUT2D eigenvalue weighted by atomic mass is 19.1. The van der Waals surface area contributed by atoms with E-state index in [1.165, 1.54) is 12.1 Å². The lowest BCUT2D eigenvalue weighted by Gasteiger charge is -2.35. The van der Waals surface area contributed by atoms with Gasteiger partial charge in [0.25, 0.3) is 0 Å². The van der Waals surface area contributed by atoms with Crippen LogP contribution < -0.4 is 4.74 Å². The van der Waals surface area contributed by atoms with E-state index >= 15 is 0 Å². The number of β-amino-alcohol motifs (C(OH)–C–C–N with tert-alkyl or cyclic N) is 1. The Bertz CT molecular complexity index is 746. The third-order valence-electron chi connectivity index (χ3n) is 5.16. The van der Waals surface area contributed by atoms with Crippen molar-refractivity contribution in [2.75, 3.05) is 45.9 Å². The van der Waals surface area contributed by atoms with Gasteiger partial charge in [0.2, 0.25) is 0 Å². The number of hydrogen-bond acceptors (Lipinski definition) is 5. The fraction of sp³-hybridized carbons (Fsp3) is 0.435. The average molecular weight is 400 g/mol. The van der Waals surface area contributed by atoms with Gasteiger partial charge in [-0.25, -0.2) is 4.39 Å². The lowest BCUT2D eigenvalue weighted by atomic mass is 10.1. The molecule has 0 aromatic heterocycles. The van der Waals surface area contributed by atoms with Crippen LogP contribution >= 0.6 is 0 Å². The number of hydrogen-bond donors (Lipinski definition) is 1. The Morgan fingerprint density at radius 1 is 1.00 bits per heavy atom. The van der Waals surface area contributed by atoms with Crippen molar-refractivity contribution < 1.29 is 19.0 Å². The smallest absolute Gasteiger partial charge is 0.162 e. The first-order valence-corrected chi connectivity index (χ1v) is 10.2. The molecule has 156 valence electrons. The predicted molar refractivity (Wildman–Crippen MR) is 111 cm³/mol. The summed E-state index contributed by atoms with van der Waals surface area (Å²) in [6, 6.07) is 15.3. The van der Waals surface area contributed by atoms with Crippen LogP contribution in [0.3, 0.4) is 0 Å². The number of Topliss-reactive ketones (excluding diaryl/α,β-unsaturated/α-hetero) is 1. The molecule has 1 aliphatic rings. The third-order valence-corrected chi connectivity index (χ3v) is 5.16. The highest BCUT2D eigenvalue weighted by Crippen LogP contribution is 2.11. The molecule has 3 rings (SSSR count). The number of rotatable bonds is 10. The van der Waals surface area contributed by atoms with Gasteiger partial charge in [-0.2, -0.15) is 0 Å². The minimum atomic E-state index is -0.518. The van der Waals surface area contributed by atoms with Gasteiger partial charge in [0.1, 0.15) is 24.3 Å². The molecule has 1 atom stereocenters. The fourth-order valence-corrected chi connectivity index (χ4v) is 3.50. The molecule has 1 saturated heterocycles. The van der Waals surface area contributed by atoms with Crippen LogP contribution in [-0.4, -0.2) is 72.7 Å². The largest absolute Gasteiger partial charge is 0.491 e. The number of benzene rings is 2. The van der Waals surface area contributed by atoms with Crippen molar-refractivity contribution >= 4 is 5.78 Å². The van der Waals surface area contributed by atoms with Gasteiger partial charge in [0.15, 0.2) is 5.78 Å².